The van der Waals surface area contributed by atoms with E-state index in [0.717, 1.165) is 24.3 Å². The first kappa shape index (κ1) is 27.6. The van der Waals surface area contributed by atoms with Gasteiger partial charge in [0.1, 0.15) is 34.7 Å². The van der Waals surface area contributed by atoms with E-state index in [9.17, 15) is 18.0 Å². The summed E-state index contributed by atoms with van der Waals surface area (Å²) >= 11 is 0. The lowest BCUT2D eigenvalue weighted by Gasteiger charge is -2.42. The lowest BCUT2D eigenvalue weighted by atomic mass is 9.87. The van der Waals surface area contributed by atoms with Crippen LogP contribution in [-0.2, 0) is 11.2 Å². The second-order valence-electron chi connectivity index (χ2n) is 10.6. The van der Waals surface area contributed by atoms with Gasteiger partial charge in [0.15, 0.2) is 0 Å². The number of aromatic nitrogens is 2. The molecule has 0 bridgehead atoms. The van der Waals surface area contributed by atoms with E-state index >= 15 is 8.78 Å². The number of benzene rings is 2. The van der Waals surface area contributed by atoms with Crippen LogP contribution in [-0.4, -0.2) is 44.0 Å². The highest BCUT2D eigenvalue weighted by atomic mass is 19.3. The molecule has 0 amide bonds. The second-order valence-corrected chi connectivity index (χ2v) is 10.6. The van der Waals surface area contributed by atoms with Crippen molar-refractivity contribution >= 4 is 23.0 Å². The number of rotatable bonds is 7. The highest BCUT2D eigenvalue weighted by Gasteiger charge is 2.42. The van der Waals surface area contributed by atoms with Crippen molar-refractivity contribution in [2.75, 3.05) is 6.54 Å². The van der Waals surface area contributed by atoms with Gasteiger partial charge in [-0.3, -0.25) is 4.90 Å². The summed E-state index contributed by atoms with van der Waals surface area (Å²) in [7, 11) is 0. The van der Waals surface area contributed by atoms with Gasteiger partial charge in [0.05, 0.1) is 6.20 Å². The van der Waals surface area contributed by atoms with Gasteiger partial charge in [0.2, 0.25) is 0 Å². The van der Waals surface area contributed by atoms with E-state index < -0.39 is 35.9 Å². The lowest BCUT2D eigenvalue weighted by molar-refractivity contribution is -0.131. The summed E-state index contributed by atoms with van der Waals surface area (Å²) in [5.41, 5.74) is 0.133. The highest BCUT2D eigenvalue weighted by Crippen LogP contribution is 2.45. The zero-order chi connectivity index (χ0) is 28.9. The molecular weight excluding hydrogens is 533 g/mol. The molecule has 2 unspecified atom stereocenters. The van der Waals surface area contributed by atoms with Crippen LogP contribution in [0.1, 0.15) is 55.8 Å². The molecule has 2 aromatic carbocycles. The van der Waals surface area contributed by atoms with E-state index in [0.29, 0.717) is 38.8 Å². The number of hydrogen-bond acceptors (Lipinski definition) is 4. The van der Waals surface area contributed by atoms with Gasteiger partial charge in [0.25, 0.3) is 0 Å². The van der Waals surface area contributed by atoms with Crippen LogP contribution in [0.4, 0.5) is 22.0 Å². The van der Waals surface area contributed by atoms with E-state index in [1.54, 1.807) is 23.1 Å². The molecule has 210 valence electrons. The first-order valence-electron chi connectivity index (χ1n) is 12.5. The molecule has 5 rings (SSSR count). The van der Waals surface area contributed by atoms with Crippen LogP contribution in [0.2, 0.25) is 0 Å². The smallest absolute Gasteiger partial charge is 0.333 e. The number of hydrogen-bond donors (Lipinski definition) is 1. The molecule has 11 heteroatoms. The summed E-state index contributed by atoms with van der Waals surface area (Å²) < 4.78 is 79.0. The minimum atomic E-state index is -2.79. The number of nitrogens with zero attached hydrogens (tertiary/aromatic N) is 3. The van der Waals surface area contributed by atoms with Gasteiger partial charge in [0, 0.05) is 46.9 Å². The molecule has 0 saturated carbocycles. The maximum absolute atomic E-state index is 15.6. The van der Waals surface area contributed by atoms with Crippen molar-refractivity contribution in [3.8, 4) is 11.1 Å². The Balaban J connectivity index is 1.67. The van der Waals surface area contributed by atoms with Gasteiger partial charge < -0.3 is 9.52 Å². The van der Waals surface area contributed by atoms with Crippen LogP contribution >= 0.6 is 0 Å². The molecule has 2 atom stereocenters. The molecule has 0 saturated heterocycles. The van der Waals surface area contributed by atoms with E-state index in [1.807, 2.05) is 6.92 Å². The summed E-state index contributed by atoms with van der Waals surface area (Å²) in [5.74, 6) is -2.88. The fourth-order valence-corrected chi connectivity index (χ4v) is 5.30. The molecule has 0 radical (unpaired) electrons. The molecule has 0 fully saturated rings. The van der Waals surface area contributed by atoms with Gasteiger partial charge in [-0.05, 0) is 68.7 Å². The van der Waals surface area contributed by atoms with Crippen LogP contribution in [0.3, 0.4) is 0 Å². The summed E-state index contributed by atoms with van der Waals surface area (Å²) in [5, 5.41) is 13.2. The molecule has 1 aliphatic heterocycles. The first-order chi connectivity index (χ1) is 18.8. The normalized spacial score (nSPS) is 18.2. The third-order valence-electron chi connectivity index (χ3n) is 6.95. The molecule has 2 aromatic heterocycles. The minimum Gasteiger partial charge on any atom is -0.478 e. The van der Waals surface area contributed by atoms with Crippen molar-refractivity contribution < 1.29 is 36.3 Å². The SMILES string of the molecule is CC1Cc2c(oc3ccc(-c4cnn(C(F)F)c4)cc23)C(c2c(F)cc(/C=C/C(=O)O)cc2F)N1CC(C)(C)F. The number of halogens is 5. The van der Waals surface area contributed by atoms with Crippen LogP contribution in [0.5, 0.6) is 0 Å². The topological polar surface area (TPSA) is 71.5 Å². The van der Waals surface area contributed by atoms with E-state index in [-0.39, 0.29) is 29.5 Å². The lowest BCUT2D eigenvalue weighted by Crippen LogP contribution is -2.48. The van der Waals surface area contributed by atoms with E-state index in [4.69, 9.17) is 9.52 Å². The maximum Gasteiger partial charge on any atom is 0.333 e. The Morgan fingerprint density at radius 1 is 1.20 bits per heavy atom. The third-order valence-corrected chi connectivity index (χ3v) is 6.95. The van der Waals surface area contributed by atoms with Crippen molar-refractivity contribution in [3.05, 3.63) is 82.9 Å². The number of carboxylic acids is 1. The van der Waals surface area contributed by atoms with Crippen LogP contribution in [0.25, 0.3) is 28.2 Å². The predicted molar refractivity (Wildman–Crippen MR) is 139 cm³/mol. The summed E-state index contributed by atoms with van der Waals surface area (Å²) in [6, 6.07) is 5.66. The zero-order valence-electron chi connectivity index (χ0n) is 21.8. The average Bonchev–Trinajstić information content (AvgIpc) is 3.48. The molecule has 40 heavy (non-hydrogen) atoms. The highest BCUT2D eigenvalue weighted by molar-refractivity contribution is 5.88. The third kappa shape index (κ3) is 5.25. The van der Waals surface area contributed by atoms with Crippen LogP contribution in [0, 0.1) is 11.6 Å². The summed E-state index contributed by atoms with van der Waals surface area (Å²) in [6.07, 6.45) is 4.78. The zero-order valence-corrected chi connectivity index (χ0v) is 21.8. The molecule has 6 nitrogen and oxygen atoms in total. The van der Waals surface area contributed by atoms with Gasteiger partial charge in [-0.2, -0.15) is 13.9 Å². The van der Waals surface area contributed by atoms with Crippen molar-refractivity contribution in [1.29, 1.82) is 0 Å². The van der Waals surface area contributed by atoms with E-state index in [1.165, 1.54) is 26.2 Å². The fraction of sp³-hybridized carbons (Fsp3) is 0.310. The Hall–Kier alpha value is -3.99. The van der Waals surface area contributed by atoms with Crippen molar-refractivity contribution in [2.24, 2.45) is 0 Å². The Morgan fingerprint density at radius 2 is 1.90 bits per heavy atom. The van der Waals surface area contributed by atoms with Gasteiger partial charge in [-0.1, -0.05) is 6.07 Å². The minimum absolute atomic E-state index is 0.0150. The second kappa shape index (κ2) is 10.2. The van der Waals surface area contributed by atoms with Crippen molar-refractivity contribution in [3.63, 3.8) is 0 Å². The van der Waals surface area contributed by atoms with Gasteiger partial charge >= 0.3 is 12.5 Å². The Morgan fingerprint density at radius 3 is 2.50 bits per heavy atom. The van der Waals surface area contributed by atoms with Crippen molar-refractivity contribution in [2.45, 2.75) is 51.5 Å². The molecule has 4 aromatic rings. The summed E-state index contributed by atoms with van der Waals surface area (Å²) in [6.45, 7) is 1.65. The van der Waals surface area contributed by atoms with Gasteiger partial charge in [-0.25, -0.2) is 22.6 Å². The Labute approximate surface area is 226 Å². The number of fused-ring (bicyclic) bond motifs is 3. The molecule has 0 spiro atoms. The largest absolute Gasteiger partial charge is 0.478 e. The molecular formula is C29H26F5N3O3. The quantitative estimate of drug-likeness (QED) is 0.192. The molecule has 1 aliphatic rings. The Kier molecular flexibility index (Phi) is 7.03. The predicted octanol–water partition coefficient (Wildman–Crippen LogP) is 7.15. The number of carboxylic acid groups (broad SMARTS) is 1. The Bertz CT molecular complexity index is 1600. The van der Waals surface area contributed by atoms with Crippen LogP contribution < -0.4 is 0 Å². The standard InChI is InChI=1S/C29H26F5N3O3/c1-15-8-20-19-11-17(18-12-35-37(13-18)28(32)33)5-6-23(19)40-27(20)26(36(15)14-29(2,3)34)25-21(30)9-16(10-22(25)31)4-7-24(38)39/h4-7,9-13,15,26,28H,8,14H2,1-3H3,(H,38,39)/b7-4+. The summed E-state index contributed by atoms with van der Waals surface area (Å²) in [4.78, 5) is 12.5. The van der Waals surface area contributed by atoms with E-state index in [2.05, 4.69) is 5.10 Å². The van der Waals surface area contributed by atoms with Crippen molar-refractivity contribution in [1.82, 2.24) is 14.7 Å². The maximum atomic E-state index is 15.6. The van der Waals surface area contributed by atoms with Crippen LogP contribution in [0.15, 0.2) is 53.2 Å². The fourth-order valence-electron chi connectivity index (χ4n) is 5.30. The first-order valence-corrected chi connectivity index (χ1v) is 12.5. The molecule has 1 N–H and O–H groups in total. The number of aliphatic carboxylic acids is 1. The number of alkyl halides is 3. The average molecular weight is 560 g/mol. The number of carbonyl (C=O) groups is 1. The monoisotopic (exact) mass is 559 g/mol. The number of furan rings is 1. The van der Waals surface area contributed by atoms with Gasteiger partial charge in [-0.15, -0.1) is 0 Å². The molecule has 3 heterocycles. The molecule has 0 aliphatic carbocycles.